The van der Waals surface area contributed by atoms with E-state index in [0.29, 0.717) is 29.8 Å². The summed E-state index contributed by atoms with van der Waals surface area (Å²) in [5.41, 5.74) is 2.96. The first-order valence-electron chi connectivity index (χ1n) is 7.14. The zero-order chi connectivity index (χ0) is 16.4. The molecule has 5 nitrogen and oxygen atoms in total. The Kier molecular flexibility index (Phi) is 4.34. The molecule has 0 atom stereocenters. The summed E-state index contributed by atoms with van der Waals surface area (Å²) in [6, 6.07) is 10.7. The van der Waals surface area contributed by atoms with Crippen LogP contribution in [-0.2, 0) is 11.2 Å². The lowest BCUT2D eigenvalue weighted by molar-refractivity contribution is -0.116. The van der Waals surface area contributed by atoms with Crippen LogP contribution < -0.4 is 15.4 Å². The molecule has 3 rings (SSSR count). The van der Waals surface area contributed by atoms with Gasteiger partial charge in [-0.25, -0.2) is 0 Å². The third-order valence-electron chi connectivity index (χ3n) is 3.63. The van der Waals surface area contributed by atoms with E-state index in [1.807, 2.05) is 12.1 Å². The monoisotopic (exact) mass is 374 g/mol. The summed E-state index contributed by atoms with van der Waals surface area (Å²) in [5.74, 6) is 0.462. The number of fused-ring (bicyclic) bond motifs is 1. The third kappa shape index (κ3) is 3.53. The zero-order valence-electron chi connectivity index (χ0n) is 12.5. The molecule has 6 heteroatoms. The van der Waals surface area contributed by atoms with Crippen molar-refractivity contribution in [3.05, 3.63) is 52.0 Å². The molecular weight excluding hydrogens is 360 g/mol. The number of hydrogen-bond donors (Lipinski definition) is 2. The highest BCUT2D eigenvalue weighted by atomic mass is 79.9. The number of anilines is 2. The highest BCUT2D eigenvalue weighted by molar-refractivity contribution is 9.10. The molecule has 0 fully saturated rings. The zero-order valence-corrected chi connectivity index (χ0v) is 14.1. The minimum absolute atomic E-state index is 0.0101. The van der Waals surface area contributed by atoms with Crippen molar-refractivity contribution in [1.29, 1.82) is 0 Å². The second kappa shape index (κ2) is 6.42. The van der Waals surface area contributed by atoms with Crippen molar-refractivity contribution in [2.45, 2.75) is 12.8 Å². The van der Waals surface area contributed by atoms with Gasteiger partial charge in [0.15, 0.2) is 0 Å². The standard InChI is InChI=1S/C17H15BrN2O3/c1-23-14-8-12(18)7-13(9-14)19-17(22)11-2-4-15-10(6-11)3-5-16(21)20-15/h2,4,6-9H,3,5H2,1H3,(H,19,22)(H,20,21). The van der Waals surface area contributed by atoms with Gasteiger partial charge in [-0.2, -0.15) is 0 Å². The Balaban J connectivity index is 1.81. The highest BCUT2D eigenvalue weighted by Gasteiger charge is 2.17. The van der Waals surface area contributed by atoms with Gasteiger partial charge in [0.1, 0.15) is 5.75 Å². The van der Waals surface area contributed by atoms with E-state index in [2.05, 4.69) is 26.6 Å². The van der Waals surface area contributed by atoms with E-state index in [1.54, 1.807) is 31.4 Å². The van der Waals surface area contributed by atoms with E-state index in [9.17, 15) is 9.59 Å². The minimum Gasteiger partial charge on any atom is -0.497 e. The molecule has 1 aliphatic heterocycles. The second-order valence-electron chi connectivity index (χ2n) is 5.25. The number of hydrogen-bond acceptors (Lipinski definition) is 3. The van der Waals surface area contributed by atoms with Gasteiger partial charge in [-0.15, -0.1) is 0 Å². The van der Waals surface area contributed by atoms with Crippen molar-refractivity contribution in [2.24, 2.45) is 0 Å². The van der Waals surface area contributed by atoms with Gasteiger partial charge in [0.25, 0.3) is 5.91 Å². The Morgan fingerprint density at radius 2 is 2.04 bits per heavy atom. The lowest BCUT2D eigenvalue weighted by Crippen LogP contribution is -2.20. The van der Waals surface area contributed by atoms with Gasteiger partial charge < -0.3 is 15.4 Å². The number of rotatable bonds is 3. The largest absolute Gasteiger partial charge is 0.497 e. The summed E-state index contributed by atoms with van der Waals surface area (Å²) < 4.78 is 6.01. The number of carbonyl (C=O) groups excluding carboxylic acids is 2. The van der Waals surface area contributed by atoms with Gasteiger partial charge in [0, 0.05) is 33.9 Å². The van der Waals surface area contributed by atoms with Crippen molar-refractivity contribution in [3.63, 3.8) is 0 Å². The lowest BCUT2D eigenvalue weighted by Gasteiger charge is -2.17. The maximum Gasteiger partial charge on any atom is 0.255 e. The first-order chi connectivity index (χ1) is 11.0. The van der Waals surface area contributed by atoms with Crippen molar-refractivity contribution in [3.8, 4) is 5.75 Å². The first-order valence-corrected chi connectivity index (χ1v) is 7.93. The summed E-state index contributed by atoms with van der Waals surface area (Å²) in [4.78, 5) is 23.8. The topological polar surface area (TPSA) is 67.4 Å². The molecule has 0 unspecified atom stereocenters. The molecule has 23 heavy (non-hydrogen) atoms. The van der Waals surface area contributed by atoms with E-state index in [0.717, 1.165) is 15.7 Å². The van der Waals surface area contributed by atoms with Crippen LogP contribution in [-0.4, -0.2) is 18.9 Å². The number of halogens is 1. The molecule has 2 N–H and O–H groups in total. The molecule has 2 amide bonds. The van der Waals surface area contributed by atoms with Crippen molar-refractivity contribution < 1.29 is 14.3 Å². The van der Waals surface area contributed by atoms with Crippen LogP contribution in [0.15, 0.2) is 40.9 Å². The van der Waals surface area contributed by atoms with E-state index in [-0.39, 0.29) is 11.8 Å². The Labute approximate surface area is 142 Å². The summed E-state index contributed by atoms with van der Waals surface area (Å²) in [5, 5.41) is 5.66. The molecule has 118 valence electrons. The number of ether oxygens (including phenoxy) is 1. The van der Waals surface area contributed by atoms with E-state index < -0.39 is 0 Å². The van der Waals surface area contributed by atoms with Crippen LogP contribution in [0.4, 0.5) is 11.4 Å². The Hall–Kier alpha value is -2.34. The Bertz CT molecular complexity index is 789. The SMILES string of the molecule is COc1cc(Br)cc(NC(=O)c2ccc3c(c2)CCC(=O)N3)c1. The van der Waals surface area contributed by atoms with Crippen molar-refractivity contribution in [1.82, 2.24) is 0 Å². The van der Waals surface area contributed by atoms with E-state index >= 15 is 0 Å². The summed E-state index contributed by atoms with van der Waals surface area (Å²) in [6.07, 6.45) is 1.09. The molecule has 0 aromatic heterocycles. The van der Waals surface area contributed by atoms with Gasteiger partial charge in [-0.1, -0.05) is 15.9 Å². The van der Waals surface area contributed by atoms with Crippen LogP contribution >= 0.6 is 15.9 Å². The second-order valence-corrected chi connectivity index (χ2v) is 6.17. The van der Waals surface area contributed by atoms with Crippen LogP contribution in [0.25, 0.3) is 0 Å². The molecule has 2 aromatic rings. The third-order valence-corrected chi connectivity index (χ3v) is 4.09. The van der Waals surface area contributed by atoms with Crippen LogP contribution in [0.2, 0.25) is 0 Å². The molecule has 1 heterocycles. The lowest BCUT2D eigenvalue weighted by atomic mass is 10.00. The fraction of sp³-hybridized carbons (Fsp3) is 0.176. The number of aryl methyl sites for hydroxylation is 1. The van der Waals surface area contributed by atoms with E-state index in [1.165, 1.54) is 0 Å². The molecular formula is C17H15BrN2O3. The maximum absolute atomic E-state index is 12.4. The summed E-state index contributed by atoms with van der Waals surface area (Å²) in [6.45, 7) is 0. The molecule has 0 bridgehead atoms. The number of carbonyl (C=O) groups is 2. The van der Waals surface area contributed by atoms with Crippen LogP contribution in [0.1, 0.15) is 22.3 Å². The van der Waals surface area contributed by atoms with Crippen molar-refractivity contribution >= 4 is 39.1 Å². The summed E-state index contributed by atoms with van der Waals surface area (Å²) in [7, 11) is 1.57. The fourth-order valence-electron chi connectivity index (χ4n) is 2.48. The van der Waals surface area contributed by atoms with E-state index in [4.69, 9.17) is 4.74 Å². The minimum atomic E-state index is -0.204. The molecule has 1 aliphatic rings. The first kappa shape index (κ1) is 15.6. The predicted molar refractivity (Wildman–Crippen MR) is 92.0 cm³/mol. The smallest absolute Gasteiger partial charge is 0.255 e. The average molecular weight is 375 g/mol. The quantitative estimate of drug-likeness (QED) is 0.862. The van der Waals surface area contributed by atoms with Crippen LogP contribution in [0.5, 0.6) is 5.75 Å². The predicted octanol–water partition coefficient (Wildman–Crippen LogP) is 3.59. The molecule has 0 saturated carbocycles. The molecule has 0 saturated heterocycles. The fourth-order valence-corrected chi connectivity index (χ4v) is 2.95. The molecule has 2 aromatic carbocycles. The normalized spacial score (nSPS) is 13.0. The van der Waals surface area contributed by atoms with Crippen molar-refractivity contribution in [2.75, 3.05) is 17.7 Å². The number of nitrogens with one attached hydrogen (secondary N) is 2. The van der Waals surface area contributed by atoms with Crippen LogP contribution in [0.3, 0.4) is 0 Å². The number of benzene rings is 2. The van der Waals surface area contributed by atoms with Crippen LogP contribution in [0, 0.1) is 0 Å². The molecule has 0 radical (unpaired) electrons. The van der Waals surface area contributed by atoms with Gasteiger partial charge in [0.05, 0.1) is 7.11 Å². The molecule has 0 spiro atoms. The maximum atomic E-state index is 12.4. The number of methoxy groups -OCH3 is 1. The Morgan fingerprint density at radius 3 is 2.83 bits per heavy atom. The summed E-state index contributed by atoms with van der Waals surface area (Å²) >= 11 is 3.38. The van der Waals surface area contributed by atoms with Gasteiger partial charge in [-0.3, -0.25) is 9.59 Å². The average Bonchev–Trinajstić information content (AvgIpc) is 2.53. The Morgan fingerprint density at radius 1 is 1.22 bits per heavy atom. The number of amides is 2. The highest BCUT2D eigenvalue weighted by Crippen LogP contribution is 2.26. The van der Waals surface area contributed by atoms with Gasteiger partial charge >= 0.3 is 0 Å². The van der Waals surface area contributed by atoms with Gasteiger partial charge in [-0.05, 0) is 42.3 Å². The molecule has 0 aliphatic carbocycles. The van der Waals surface area contributed by atoms with Gasteiger partial charge in [0.2, 0.25) is 5.91 Å².